The summed E-state index contributed by atoms with van der Waals surface area (Å²) in [6.07, 6.45) is 6.55. The Balaban J connectivity index is 1.24. The van der Waals surface area contributed by atoms with Crippen LogP contribution in [-0.2, 0) is 24.8 Å². The number of aryl methyl sites for hydroxylation is 1. The zero-order valence-electron chi connectivity index (χ0n) is 19.5. The fraction of sp³-hybridized carbons (Fsp3) is 0.280. The van der Waals surface area contributed by atoms with Crippen molar-refractivity contribution in [2.45, 2.75) is 32.4 Å². The average Bonchev–Trinajstić information content (AvgIpc) is 3.60. The molecular weight excluding hydrogens is 464 g/mol. The normalized spacial score (nSPS) is 13.9. The van der Waals surface area contributed by atoms with E-state index in [1.807, 2.05) is 43.1 Å². The standard InChI is InChI=1S/C25H26N6O3S/c1-3-19(28-23(32)15-4-5-20-16(10-15)12-26-29-20)25(34)31-9-7-21-17(13-31)11-22(35-21)24(33)27-18-6-8-30(2)14-18/h4-6,8,10-12,14,19H,3,7,9,13H2,1-2H3,(H,26,29)(H,27,33)(H,28,32)/t19-/m1/s1. The number of aromatic nitrogens is 3. The molecule has 0 spiro atoms. The Morgan fingerprint density at radius 2 is 2.06 bits per heavy atom. The molecule has 9 nitrogen and oxygen atoms in total. The van der Waals surface area contributed by atoms with E-state index in [1.165, 1.54) is 11.3 Å². The molecule has 5 rings (SSSR count). The Labute approximate surface area is 206 Å². The van der Waals surface area contributed by atoms with Crippen molar-refractivity contribution in [3.05, 3.63) is 69.8 Å². The minimum absolute atomic E-state index is 0.114. The molecule has 4 heterocycles. The quantitative estimate of drug-likeness (QED) is 0.385. The predicted octanol–water partition coefficient (Wildman–Crippen LogP) is 3.31. The molecular formula is C25H26N6O3S. The SMILES string of the molecule is CC[C@@H](NC(=O)c1ccc2[nH]ncc2c1)C(=O)N1CCc2sc(C(=O)Nc3ccn(C)c3)cc2C1. The maximum absolute atomic E-state index is 13.3. The molecule has 0 unspecified atom stereocenters. The first-order chi connectivity index (χ1) is 16.9. The van der Waals surface area contributed by atoms with E-state index >= 15 is 0 Å². The van der Waals surface area contributed by atoms with Crippen LogP contribution in [0.1, 0.15) is 43.8 Å². The topological polar surface area (TPSA) is 112 Å². The van der Waals surface area contributed by atoms with Crippen molar-refractivity contribution in [3.63, 3.8) is 0 Å². The molecule has 0 radical (unpaired) electrons. The van der Waals surface area contributed by atoms with Crippen LogP contribution in [0.5, 0.6) is 0 Å². The van der Waals surface area contributed by atoms with Gasteiger partial charge in [0, 0.05) is 48.4 Å². The molecule has 1 aromatic carbocycles. The van der Waals surface area contributed by atoms with Gasteiger partial charge in [-0.3, -0.25) is 19.5 Å². The molecule has 0 saturated carbocycles. The summed E-state index contributed by atoms with van der Waals surface area (Å²) in [6.45, 7) is 2.87. The van der Waals surface area contributed by atoms with E-state index in [2.05, 4.69) is 20.8 Å². The van der Waals surface area contributed by atoms with Crippen LogP contribution < -0.4 is 10.6 Å². The second-order valence-electron chi connectivity index (χ2n) is 8.69. The summed E-state index contributed by atoms with van der Waals surface area (Å²) in [4.78, 5) is 42.3. The summed E-state index contributed by atoms with van der Waals surface area (Å²) in [5.74, 6) is -0.555. The van der Waals surface area contributed by atoms with Crippen LogP contribution >= 0.6 is 11.3 Å². The fourth-order valence-electron chi connectivity index (χ4n) is 4.29. The van der Waals surface area contributed by atoms with E-state index in [4.69, 9.17) is 0 Å². The number of benzene rings is 1. The van der Waals surface area contributed by atoms with Gasteiger partial charge >= 0.3 is 0 Å². The van der Waals surface area contributed by atoms with Gasteiger partial charge in [0.05, 0.1) is 22.3 Å². The van der Waals surface area contributed by atoms with Crippen LogP contribution in [-0.4, -0.2) is 50.0 Å². The van der Waals surface area contributed by atoms with Gasteiger partial charge in [-0.1, -0.05) is 6.92 Å². The molecule has 4 aromatic rings. The van der Waals surface area contributed by atoms with E-state index in [-0.39, 0.29) is 17.7 Å². The van der Waals surface area contributed by atoms with Gasteiger partial charge in [-0.05, 0) is 48.7 Å². The number of thiophene rings is 1. The minimum Gasteiger partial charge on any atom is -0.355 e. The number of carbonyl (C=O) groups is 3. The molecule has 0 fully saturated rings. The van der Waals surface area contributed by atoms with E-state index in [1.54, 1.807) is 29.3 Å². The lowest BCUT2D eigenvalue weighted by molar-refractivity contribution is -0.134. The summed E-state index contributed by atoms with van der Waals surface area (Å²) in [6, 6.07) is 8.37. The van der Waals surface area contributed by atoms with E-state index < -0.39 is 6.04 Å². The summed E-state index contributed by atoms with van der Waals surface area (Å²) in [5.41, 5.74) is 3.06. The van der Waals surface area contributed by atoms with Gasteiger partial charge in [-0.15, -0.1) is 11.3 Å². The number of hydrogen-bond acceptors (Lipinski definition) is 5. The molecule has 3 amide bonds. The predicted molar refractivity (Wildman–Crippen MR) is 134 cm³/mol. The molecule has 1 aliphatic heterocycles. The molecule has 1 atom stereocenters. The van der Waals surface area contributed by atoms with Gasteiger partial charge in [-0.25, -0.2) is 0 Å². The maximum Gasteiger partial charge on any atom is 0.265 e. The van der Waals surface area contributed by atoms with Crippen LogP contribution in [0.3, 0.4) is 0 Å². The maximum atomic E-state index is 13.3. The lowest BCUT2D eigenvalue weighted by atomic mass is 10.1. The number of anilines is 1. The molecule has 3 aromatic heterocycles. The Morgan fingerprint density at radius 1 is 1.20 bits per heavy atom. The Kier molecular flexibility index (Phi) is 6.12. The molecule has 0 aliphatic carbocycles. The molecule has 0 bridgehead atoms. The fourth-order valence-corrected chi connectivity index (χ4v) is 5.35. The summed E-state index contributed by atoms with van der Waals surface area (Å²) in [5, 5.41) is 13.5. The molecule has 10 heteroatoms. The highest BCUT2D eigenvalue weighted by molar-refractivity contribution is 7.14. The molecule has 35 heavy (non-hydrogen) atoms. The largest absolute Gasteiger partial charge is 0.355 e. The van der Waals surface area contributed by atoms with Gasteiger partial charge in [0.15, 0.2) is 0 Å². The van der Waals surface area contributed by atoms with Crippen molar-refractivity contribution in [2.24, 2.45) is 7.05 Å². The van der Waals surface area contributed by atoms with Gasteiger partial charge in [0.1, 0.15) is 6.04 Å². The van der Waals surface area contributed by atoms with Crippen molar-refractivity contribution in [1.82, 2.24) is 25.0 Å². The molecule has 0 saturated heterocycles. The number of rotatable bonds is 6. The van der Waals surface area contributed by atoms with Crippen molar-refractivity contribution in [3.8, 4) is 0 Å². The number of aromatic amines is 1. The van der Waals surface area contributed by atoms with Crippen molar-refractivity contribution >= 4 is 45.6 Å². The van der Waals surface area contributed by atoms with Crippen molar-refractivity contribution in [1.29, 1.82) is 0 Å². The second-order valence-corrected chi connectivity index (χ2v) is 9.83. The Hall–Kier alpha value is -3.92. The molecule has 180 valence electrons. The van der Waals surface area contributed by atoms with Crippen LogP contribution in [0.15, 0.2) is 48.9 Å². The van der Waals surface area contributed by atoms with E-state index in [9.17, 15) is 14.4 Å². The summed E-state index contributed by atoms with van der Waals surface area (Å²) in [7, 11) is 1.90. The lowest BCUT2D eigenvalue weighted by Gasteiger charge is -2.30. The lowest BCUT2D eigenvalue weighted by Crippen LogP contribution is -2.49. The van der Waals surface area contributed by atoms with Gasteiger partial charge < -0.3 is 20.1 Å². The minimum atomic E-state index is -0.622. The van der Waals surface area contributed by atoms with Crippen LogP contribution in [0.25, 0.3) is 10.9 Å². The average molecular weight is 491 g/mol. The summed E-state index contributed by atoms with van der Waals surface area (Å²) >= 11 is 1.47. The molecule has 3 N–H and O–H groups in total. The second kappa shape index (κ2) is 9.38. The summed E-state index contributed by atoms with van der Waals surface area (Å²) < 4.78 is 1.87. The number of nitrogens with zero attached hydrogens (tertiary/aromatic N) is 3. The third-order valence-corrected chi connectivity index (χ3v) is 7.44. The molecule has 1 aliphatic rings. The van der Waals surface area contributed by atoms with Gasteiger partial charge in [0.2, 0.25) is 5.91 Å². The van der Waals surface area contributed by atoms with Crippen LogP contribution in [0.2, 0.25) is 0 Å². The number of H-pyrrole nitrogens is 1. The number of hydrogen-bond donors (Lipinski definition) is 3. The van der Waals surface area contributed by atoms with E-state index in [0.717, 1.165) is 27.0 Å². The number of fused-ring (bicyclic) bond motifs is 2. The van der Waals surface area contributed by atoms with Gasteiger partial charge in [-0.2, -0.15) is 5.10 Å². The number of amides is 3. The monoisotopic (exact) mass is 490 g/mol. The zero-order valence-corrected chi connectivity index (χ0v) is 20.3. The van der Waals surface area contributed by atoms with Gasteiger partial charge in [0.25, 0.3) is 11.8 Å². The Morgan fingerprint density at radius 3 is 2.83 bits per heavy atom. The smallest absolute Gasteiger partial charge is 0.265 e. The third-order valence-electron chi connectivity index (χ3n) is 6.21. The number of nitrogens with one attached hydrogen (secondary N) is 3. The van der Waals surface area contributed by atoms with Crippen LogP contribution in [0, 0.1) is 0 Å². The third kappa shape index (κ3) is 4.69. The number of carbonyl (C=O) groups excluding carboxylic acids is 3. The highest BCUT2D eigenvalue weighted by atomic mass is 32.1. The van der Waals surface area contributed by atoms with Crippen molar-refractivity contribution < 1.29 is 14.4 Å². The zero-order chi connectivity index (χ0) is 24.5. The highest BCUT2D eigenvalue weighted by Gasteiger charge is 2.29. The first-order valence-electron chi connectivity index (χ1n) is 11.5. The van der Waals surface area contributed by atoms with Crippen LogP contribution in [0.4, 0.5) is 5.69 Å². The first-order valence-corrected chi connectivity index (χ1v) is 12.3. The first kappa shape index (κ1) is 22.9. The Bertz CT molecular complexity index is 1420. The highest BCUT2D eigenvalue weighted by Crippen LogP contribution is 2.29. The van der Waals surface area contributed by atoms with E-state index in [0.29, 0.717) is 36.4 Å². The van der Waals surface area contributed by atoms with Crippen molar-refractivity contribution in [2.75, 3.05) is 11.9 Å².